The number of aromatic amines is 2. The molecule has 5 rings (SSSR count). The maximum absolute atomic E-state index is 10.3. The van der Waals surface area contributed by atoms with Gasteiger partial charge in [-0.25, -0.2) is 4.98 Å². The van der Waals surface area contributed by atoms with Crippen molar-refractivity contribution < 1.29 is 14.9 Å². The minimum atomic E-state index is -0.0266. The Morgan fingerprint density at radius 3 is 2.67 bits per heavy atom. The standard InChI is InChI=1S/C28H35N5O3/c1-18-14-22-25(20-6-4-12-33(17-20)23-15-24(34)30-28(23)35)26(31-27(22)29-16-18)19-7-9-21(10-8-19)36-13-5-11-32(2)3/h7-10,14-16,20,30,34-35H,4-6,11-13,17H2,1-3H3,(H,29,31). The van der Waals surface area contributed by atoms with Crippen LogP contribution in [0.4, 0.5) is 5.69 Å². The van der Waals surface area contributed by atoms with Crippen molar-refractivity contribution in [3.63, 3.8) is 0 Å². The summed E-state index contributed by atoms with van der Waals surface area (Å²) in [4.78, 5) is 15.2. The van der Waals surface area contributed by atoms with Crippen LogP contribution in [-0.2, 0) is 0 Å². The average Bonchev–Trinajstić information content (AvgIpc) is 3.41. The molecule has 1 unspecified atom stereocenters. The lowest BCUT2D eigenvalue weighted by Crippen LogP contribution is -2.34. The molecule has 1 aliphatic rings. The van der Waals surface area contributed by atoms with Crippen LogP contribution in [0, 0.1) is 6.92 Å². The maximum atomic E-state index is 10.3. The molecular formula is C28H35N5O3. The third-order valence-corrected chi connectivity index (χ3v) is 6.92. The second kappa shape index (κ2) is 10.1. The smallest absolute Gasteiger partial charge is 0.215 e. The zero-order chi connectivity index (χ0) is 25.2. The quantitative estimate of drug-likeness (QED) is 0.260. The van der Waals surface area contributed by atoms with Gasteiger partial charge in [0.15, 0.2) is 5.88 Å². The van der Waals surface area contributed by atoms with Crippen LogP contribution in [0.3, 0.4) is 0 Å². The van der Waals surface area contributed by atoms with Crippen LogP contribution in [0.15, 0.2) is 42.6 Å². The molecule has 8 nitrogen and oxygen atoms in total. The van der Waals surface area contributed by atoms with Crippen molar-refractivity contribution in [3.05, 3.63) is 53.7 Å². The van der Waals surface area contributed by atoms with Gasteiger partial charge >= 0.3 is 0 Å². The number of anilines is 1. The monoisotopic (exact) mass is 489 g/mol. The first kappa shape index (κ1) is 24.1. The number of piperidine rings is 1. The first-order valence-corrected chi connectivity index (χ1v) is 12.6. The number of aromatic hydroxyl groups is 2. The number of nitrogens with zero attached hydrogens (tertiary/aromatic N) is 3. The molecular weight excluding hydrogens is 454 g/mol. The van der Waals surface area contributed by atoms with E-state index in [2.05, 4.69) is 64.0 Å². The highest BCUT2D eigenvalue weighted by atomic mass is 16.5. The topological polar surface area (TPSA) is 101 Å². The molecule has 3 aromatic heterocycles. The minimum absolute atomic E-state index is 0.00554. The fraction of sp³-hybridized carbons (Fsp3) is 0.393. The lowest BCUT2D eigenvalue weighted by Gasteiger charge is -2.34. The molecule has 0 amide bonds. The molecule has 0 aliphatic carbocycles. The summed E-state index contributed by atoms with van der Waals surface area (Å²) in [6.45, 7) is 5.33. The highest BCUT2D eigenvalue weighted by Crippen LogP contribution is 2.42. The molecule has 0 spiro atoms. The number of hydrogen-bond acceptors (Lipinski definition) is 6. The Kier molecular flexibility index (Phi) is 6.78. The third kappa shape index (κ3) is 4.99. The predicted molar refractivity (Wildman–Crippen MR) is 143 cm³/mol. The summed E-state index contributed by atoms with van der Waals surface area (Å²) in [5, 5.41) is 21.3. The van der Waals surface area contributed by atoms with Gasteiger partial charge in [-0.15, -0.1) is 0 Å². The van der Waals surface area contributed by atoms with Crippen molar-refractivity contribution in [2.75, 3.05) is 45.2 Å². The molecule has 8 heteroatoms. The summed E-state index contributed by atoms with van der Waals surface area (Å²) in [7, 11) is 4.14. The molecule has 4 aromatic rings. The zero-order valence-corrected chi connectivity index (χ0v) is 21.2. The van der Waals surface area contributed by atoms with E-state index < -0.39 is 0 Å². The molecule has 1 saturated heterocycles. The van der Waals surface area contributed by atoms with Crippen molar-refractivity contribution in [1.29, 1.82) is 0 Å². The number of pyridine rings is 1. The first-order valence-electron chi connectivity index (χ1n) is 12.6. The van der Waals surface area contributed by atoms with Crippen LogP contribution in [0.1, 0.15) is 36.3 Å². The van der Waals surface area contributed by atoms with Gasteiger partial charge in [-0.3, -0.25) is 4.98 Å². The molecule has 0 saturated carbocycles. The van der Waals surface area contributed by atoms with Gasteiger partial charge in [-0.05, 0) is 87.3 Å². The molecule has 4 heterocycles. The van der Waals surface area contributed by atoms with Crippen molar-refractivity contribution >= 4 is 16.7 Å². The largest absolute Gasteiger partial charge is 0.494 e. The number of H-pyrrole nitrogens is 2. The molecule has 1 aliphatic heterocycles. The number of nitrogens with one attached hydrogen (secondary N) is 2. The SMILES string of the molecule is Cc1cnc2[nH]c(-c3ccc(OCCCN(C)C)cc3)c(C3CCCN(c4cc(O)[nH]c4O)C3)c2c1. The van der Waals surface area contributed by atoms with E-state index in [9.17, 15) is 10.2 Å². The Bertz CT molecular complexity index is 1330. The van der Waals surface area contributed by atoms with Gasteiger partial charge in [0.25, 0.3) is 0 Å². The number of benzene rings is 1. The average molecular weight is 490 g/mol. The van der Waals surface area contributed by atoms with Crippen molar-refractivity contribution in [3.8, 4) is 28.8 Å². The van der Waals surface area contributed by atoms with E-state index in [-0.39, 0.29) is 17.7 Å². The minimum Gasteiger partial charge on any atom is -0.494 e. The van der Waals surface area contributed by atoms with Gasteiger partial charge in [0.2, 0.25) is 5.88 Å². The van der Waals surface area contributed by atoms with Crippen LogP contribution in [0.2, 0.25) is 0 Å². The van der Waals surface area contributed by atoms with Crippen molar-refractivity contribution in [2.45, 2.75) is 32.1 Å². The molecule has 190 valence electrons. The van der Waals surface area contributed by atoms with E-state index in [0.29, 0.717) is 12.3 Å². The molecule has 0 radical (unpaired) electrons. The Balaban J connectivity index is 1.45. The predicted octanol–water partition coefficient (Wildman–Crippen LogP) is 4.99. The lowest BCUT2D eigenvalue weighted by atomic mass is 9.87. The van der Waals surface area contributed by atoms with Gasteiger partial charge in [0.1, 0.15) is 17.1 Å². The van der Waals surface area contributed by atoms with E-state index in [0.717, 1.165) is 72.5 Å². The fourth-order valence-corrected chi connectivity index (χ4v) is 5.23. The molecule has 1 fully saturated rings. The molecule has 1 atom stereocenters. The van der Waals surface area contributed by atoms with Crippen LogP contribution >= 0.6 is 0 Å². The third-order valence-electron chi connectivity index (χ3n) is 6.92. The van der Waals surface area contributed by atoms with Crippen LogP contribution in [0.5, 0.6) is 17.5 Å². The normalized spacial score (nSPS) is 16.2. The Labute approximate surface area is 211 Å². The van der Waals surface area contributed by atoms with Gasteiger partial charge in [-0.1, -0.05) is 0 Å². The van der Waals surface area contributed by atoms with Crippen molar-refractivity contribution in [1.82, 2.24) is 19.9 Å². The second-order valence-corrected chi connectivity index (χ2v) is 10.0. The van der Waals surface area contributed by atoms with E-state index in [4.69, 9.17) is 4.74 Å². The molecule has 36 heavy (non-hydrogen) atoms. The summed E-state index contributed by atoms with van der Waals surface area (Å²) in [5.74, 6) is 1.09. The van der Waals surface area contributed by atoms with Gasteiger partial charge in [-0.2, -0.15) is 0 Å². The van der Waals surface area contributed by atoms with E-state index in [1.165, 1.54) is 5.56 Å². The number of aryl methyl sites for hydroxylation is 1. The maximum Gasteiger partial charge on any atom is 0.215 e. The first-order chi connectivity index (χ1) is 17.4. The zero-order valence-electron chi connectivity index (χ0n) is 21.2. The summed E-state index contributed by atoms with van der Waals surface area (Å²) in [6, 6.07) is 12.1. The molecule has 0 bridgehead atoms. The van der Waals surface area contributed by atoms with Gasteiger partial charge in [0, 0.05) is 43.2 Å². The van der Waals surface area contributed by atoms with E-state index in [1.807, 2.05) is 18.3 Å². The fourth-order valence-electron chi connectivity index (χ4n) is 5.23. The molecule has 1 aromatic carbocycles. The Morgan fingerprint density at radius 1 is 1.14 bits per heavy atom. The van der Waals surface area contributed by atoms with Crippen molar-refractivity contribution in [2.24, 2.45) is 0 Å². The number of fused-ring (bicyclic) bond motifs is 1. The second-order valence-electron chi connectivity index (χ2n) is 10.0. The van der Waals surface area contributed by atoms with Crippen LogP contribution in [0.25, 0.3) is 22.3 Å². The van der Waals surface area contributed by atoms with Crippen LogP contribution in [-0.4, -0.2) is 70.4 Å². The number of rotatable bonds is 8. The highest BCUT2D eigenvalue weighted by molar-refractivity contribution is 5.89. The Morgan fingerprint density at radius 2 is 1.94 bits per heavy atom. The number of aromatic nitrogens is 3. The number of ether oxygens (including phenoxy) is 1. The lowest BCUT2D eigenvalue weighted by molar-refractivity contribution is 0.281. The van der Waals surface area contributed by atoms with E-state index in [1.54, 1.807) is 6.07 Å². The summed E-state index contributed by atoms with van der Waals surface area (Å²) >= 11 is 0. The van der Waals surface area contributed by atoms with Gasteiger partial charge < -0.3 is 29.7 Å². The van der Waals surface area contributed by atoms with E-state index >= 15 is 0 Å². The highest BCUT2D eigenvalue weighted by Gasteiger charge is 2.29. The summed E-state index contributed by atoms with van der Waals surface area (Å²) in [6.07, 6.45) is 4.90. The summed E-state index contributed by atoms with van der Waals surface area (Å²) in [5.41, 5.74) is 6.08. The summed E-state index contributed by atoms with van der Waals surface area (Å²) < 4.78 is 5.94. The Hall–Kier alpha value is -3.65. The van der Waals surface area contributed by atoms with Gasteiger partial charge in [0.05, 0.1) is 12.3 Å². The molecule has 4 N–H and O–H groups in total. The number of hydrogen-bond donors (Lipinski definition) is 4. The van der Waals surface area contributed by atoms with Crippen LogP contribution < -0.4 is 9.64 Å².